The fourth-order valence-corrected chi connectivity index (χ4v) is 2.16. The molecule has 0 fully saturated rings. The zero-order chi connectivity index (χ0) is 22.1. The molecule has 10 heteroatoms. The van der Waals surface area contributed by atoms with Crippen LogP contribution in [0.2, 0.25) is 0 Å². The summed E-state index contributed by atoms with van der Waals surface area (Å²) in [7, 11) is 5.47. The van der Waals surface area contributed by atoms with E-state index in [4.69, 9.17) is 34.3 Å². The van der Waals surface area contributed by atoms with Crippen LogP contribution in [0.5, 0.6) is 23.0 Å². The van der Waals surface area contributed by atoms with Crippen molar-refractivity contribution in [3.05, 3.63) is 47.0 Å². The summed E-state index contributed by atoms with van der Waals surface area (Å²) in [4.78, 5) is 32.3. The summed E-state index contributed by atoms with van der Waals surface area (Å²) >= 11 is 0. The number of carbonyl (C=O) groups is 3. The summed E-state index contributed by atoms with van der Waals surface area (Å²) < 4.78 is 19.4. The average Bonchev–Trinajstić information content (AvgIpc) is 2.72. The number of benzene rings is 2. The van der Waals surface area contributed by atoms with E-state index in [0.29, 0.717) is 11.5 Å². The molecular weight excluding hydrogens is 388 g/mol. The lowest BCUT2D eigenvalue weighted by Crippen LogP contribution is -2.06. The zero-order valence-electron chi connectivity index (χ0n) is 16.1. The van der Waals surface area contributed by atoms with Crippen LogP contribution < -0.4 is 18.9 Å². The van der Waals surface area contributed by atoms with Crippen LogP contribution in [-0.4, -0.2) is 61.7 Å². The van der Waals surface area contributed by atoms with Crippen LogP contribution in [0.1, 0.15) is 31.1 Å². The minimum absolute atomic E-state index is 0.0225. The number of rotatable bonds is 7. The molecule has 0 spiro atoms. The lowest BCUT2D eigenvalue weighted by molar-refractivity contribution is 0.0674. The van der Waals surface area contributed by atoms with E-state index in [1.54, 1.807) is 6.07 Å². The van der Waals surface area contributed by atoms with Crippen LogP contribution in [0.3, 0.4) is 0 Å². The maximum absolute atomic E-state index is 10.8. The molecule has 0 bridgehead atoms. The topological polar surface area (TPSA) is 149 Å². The quantitative estimate of drug-likeness (QED) is 0.624. The largest absolute Gasteiger partial charge is 0.497 e. The number of carboxylic acids is 3. The first kappa shape index (κ1) is 23.1. The second kappa shape index (κ2) is 10.4. The summed E-state index contributed by atoms with van der Waals surface area (Å²) in [5.74, 6) is -2.54. The zero-order valence-corrected chi connectivity index (χ0v) is 16.1. The van der Waals surface area contributed by atoms with Crippen molar-refractivity contribution in [2.75, 3.05) is 28.4 Å². The molecule has 0 saturated heterocycles. The minimum atomic E-state index is -1.22. The van der Waals surface area contributed by atoms with Gasteiger partial charge in [-0.3, -0.25) is 0 Å². The van der Waals surface area contributed by atoms with E-state index in [0.717, 1.165) is 12.1 Å². The highest BCUT2D eigenvalue weighted by molar-refractivity contribution is 5.97. The monoisotopic (exact) mass is 408 g/mol. The molecule has 3 N–H and O–H groups in total. The molecule has 2 aromatic carbocycles. The van der Waals surface area contributed by atoms with Gasteiger partial charge < -0.3 is 34.3 Å². The van der Waals surface area contributed by atoms with Crippen LogP contribution in [0, 0.1) is 0 Å². The van der Waals surface area contributed by atoms with Gasteiger partial charge in [-0.05, 0) is 24.3 Å². The Labute approximate surface area is 165 Å². The standard InChI is InChI=1S/C10H10O6.C9H10O4/c1-15-7-3-6(10(13)14)8(16-2)4-5(7)9(11)12;1-12-7-3-6(9(10)11)4-8(5-7)13-2/h3-4H,1-2H3,(H,11,12)(H,13,14);3-5H,1-2H3,(H,10,11). The van der Waals surface area contributed by atoms with Gasteiger partial charge in [0.05, 0.1) is 34.0 Å². The van der Waals surface area contributed by atoms with Gasteiger partial charge in [0.15, 0.2) is 0 Å². The first-order valence-corrected chi connectivity index (χ1v) is 7.87. The molecule has 0 atom stereocenters. The SMILES string of the molecule is COc1cc(C(=O)O)c(OC)cc1C(=O)O.COc1cc(OC)cc(C(=O)O)c1. The van der Waals surface area contributed by atoms with Crippen LogP contribution >= 0.6 is 0 Å². The average molecular weight is 408 g/mol. The molecule has 156 valence electrons. The van der Waals surface area contributed by atoms with Gasteiger partial charge in [-0.2, -0.15) is 0 Å². The summed E-state index contributed by atoms with van der Waals surface area (Å²) in [6, 6.07) is 6.72. The minimum Gasteiger partial charge on any atom is -0.497 e. The van der Waals surface area contributed by atoms with E-state index in [-0.39, 0.29) is 28.2 Å². The molecule has 0 heterocycles. The third kappa shape index (κ3) is 6.03. The Kier molecular flexibility index (Phi) is 8.28. The number of aromatic carboxylic acids is 3. The van der Waals surface area contributed by atoms with Crippen LogP contribution in [0.15, 0.2) is 30.3 Å². The normalized spacial score (nSPS) is 9.52. The van der Waals surface area contributed by atoms with E-state index < -0.39 is 17.9 Å². The number of methoxy groups -OCH3 is 4. The van der Waals surface area contributed by atoms with E-state index in [1.165, 1.54) is 40.6 Å². The highest BCUT2D eigenvalue weighted by atomic mass is 16.5. The summed E-state index contributed by atoms with van der Waals surface area (Å²) in [6.45, 7) is 0. The number of carboxylic acid groups (broad SMARTS) is 3. The van der Waals surface area contributed by atoms with Gasteiger partial charge in [-0.15, -0.1) is 0 Å². The van der Waals surface area contributed by atoms with E-state index >= 15 is 0 Å². The number of hydrogen-bond donors (Lipinski definition) is 3. The molecule has 0 saturated carbocycles. The maximum Gasteiger partial charge on any atom is 0.339 e. The van der Waals surface area contributed by atoms with Gasteiger partial charge in [0, 0.05) is 6.07 Å². The van der Waals surface area contributed by atoms with Crippen molar-refractivity contribution in [2.45, 2.75) is 0 Å². The van der Waals surface area contributed by atoms with Crippen molar-refractivity contribution >= 4 is 17.9 Å². The molecule has 0 radical (unpaired) electrons. The lowest BCUT2D eigenvalue weighted by atomic mass is 10.1. The van der Waals surface area contributed by atoms with Gasteiger partial charge in [-0.1, -0.05) is 0 Å². The summed E-state index contributed by atoms with van der Waals surface area (Å²) in [5, 5.41) is 26.4. The molecule has 0 aromatic heterocycles. The Hall–Kier alpha value is -3.95. The Morgan fingerprint density at radius 3 is 1.21 bits per heavy atom. The first-order valence-electron chi connectivity index (χ1n) is 7.87. The molecule has 0 unspecified atom stereocenters. The molecular formula is C19H20O10. The van der Waals surface area contributed by atoms with Crippen LogP contribution in [0.4, 0.5) is 0 Å². The fourth-order valence-electron chi connectivity index (χ4n) is 2.16. The number of hydrogen-bond acceptors (Lipinski definition) is 7. The van der Waals surface area contributed by atoms with Crippen molar-refractivity contribution in [3.63, 3.8) is 0 Å². The lowest BCUT2D eigenvalue weighted by Gasteiger charge is -2.10. The van der Waals surface area contributed by atoms with Crippen molar-refractivity contribution in [2.24, 2.45) is 0 Å². The van der Waals surface area contributed by atoms with Gasteiger partial charge in [-0.25, -0.2) is 14.4 Å². The molecule has 29 heavy (non-hydrogen) atoms. The molecule has 2 aromatic rings. The summed E-state index contributed by atoms with van der Waals surface area (Å²) in [5.41, 5.74) is -0.148. The second-order valence-electron chi connectivity index (χ2n) is 5.27. The van der Waals surface area contributed by atoms with Gasteiger partial charge in [0.2, 0.25) is 0 Å². The Morgan fingerprint density at radius 1 is 0.586 bits per heavy atom. The van der Waals surface area contributed by atoms with Gasteiger partial charge >= 0.3 is 17.9 Å². The Bertz CT molecular complexity index is 840. The van der Waals surface area contributed by atoms with Crippen LogP contribution in [-0.2, 0) is 0 Å². The Balaban J connectivity index is 0.000000296. The third-order valence-corrected chi connectivity index (χ3v) is 3.58. The fraction of sp³-hybridized carbons (Fsp3) is 0.211. The molecule has 0 aliphatic rings. The van der Waals surface area contributed by atoms with Gasteiger partial charge in [0.25, 0.3) is 0 Å². The third-order valence-electron chi connectivity index (χ3n) is 3.58. The van der Waals surface area contributed by atoms with Crippen molar-refractivity contribution < 1.29 is 48.7 Å². The smallest absolute Gasteiger partial charge is 0.339 e. The van der Waals surface area contributed by atoms with E-state index in [2.05, 4.69) is 0 Å². The van der Waals surface area contributed by atoms with Gasteiger partial charge in [0.1, 0.15) is 34.1 Å². The highest BCUT2D eigenvalue weighted by Crippen LogP contribution is 2.28. The summed E-state index contributed by atoms with van der Waals surface area (Å²) in [6.07, 6.45) is 0. The predicted molar refractivity (Wildman–Crippen MR) is 100.0 cm³/mol. The first-order chi connectivity index (χ1) is 13.7. The van der Waals surface area contributed by atoms with Crippen molar-refractivity contribution in [3.8, 4) is 23.0 Å². The Morgan fingerprint density at radius 2 is 0.966 bits per heavy atom. The van der Waals surface area contributed by atoms with Crippen LogP contribution in [0.25, 0.3) is 0 Å². The molecule has 0 aliphatic carbocycles. The maximum atomic E-state index is 10.8. The number of ether oxygens (including phenoxy) is 4. The molecule has 2 rings (SSSR count). The van der Waals surface area contributed by atoms with Crippen molar-refractivity contribution in [1.82, 2.24) is 0 Å². The molecule has 0 amide bonds. The molecule has 0 aliphatic heterocycles. The van der Waals surface area contributed by atoms with Crippen molar-refractivity contribution in [1.29, 1.82) is 0 Å². The molecule has 10 nitrogen and oxygen atoms in total. The predicted octanol–water partition coefficient (Wildman–Crippen LogP) is 2.50. The highest BCUT2D eigenvalue weighted by Gasteiger charge is 2.19. The van der Waals surface area contributed by atoms with E-state index in [1.807, 2.05) is 0 Å². The second-order valence-corrected chi connectivity index (χ2v) is 5.27. The van der Waals surface area contributed by atoms with E-state index in [9.17, 15) is 14.4 Å².